The van der Waals surface area contributed by atoms with Gasteiger partial charge in [0.25, 0.3) is 0 Å². The summed E-state index contributed by atoms with van der Waals surface area (Å²) in [5, 5.41) is 0. The lowest BCUT2D eigenvalue weighted by molar-refractivity contribution is -0.108. The van der Waals surface area contributed by atoms with Crippen LogP contribution < -0.4 is 4.74 Å². The first-order valence-corrected chi connectivity index (χ1v) is 10.6. The quantitative estimate of drug-likeness (QED) is 0.609. The van der Waals surface area contributed by atoms with Gasteiger partial charge in [0, 0.05) is 26.8 Å². The summed E-state index contributed by atoms with van der Waals surface area (Å²) in [6.07, 6.45) is 9.88. The Kier molecular flexibility index (Phi) is 5.77. The second kappa shape index (κ2) is 8.10. The molecule has 0 aromatic heterocycles. The van der Waals surface area contributed by atoms with Crippen LogP contribution in [0.5, 0.6) is 5.75 Å². The monoisotopic (exact) mass is 373 g/mol. The highest BCUT2D eigenvalue weighted by molar-refractivity contribution is 5.44. The molecule has 1 saturated heterocycles. The van der Waals surface area contributed by atoms with Crippen molar-refractivity contribution in [3.8, 4) is 5.75 Å². The standard InChI is InChI=1S/C23H35NO3/c1-25-20-9-8-18-13-19-15-23(21(18)14-20,10-4-5-22(26-2)27-3)11-12-24(19)16-17-6-7-17/h8-9,14,17,19,22H,4-7,10-13,15-16H2,1-3H3/t19?,23-/m1/s1. The van der Waals surface area contributed by atoms with Crippen LogP contribution in [0.15, 0.2) is 18.2 Å². The smallest absolute Gasteiger partial charge is 0.156 e. The molecule has 2 fully saturated rings. The Bertz CT molecular complexity index is 641. The molecule has 4 heteroatoms. The minimum Gasteiger partial charge on any atom is -0.497 e. The third kappa shape index (κ3) is 4.03. The summed E-state index contributed by atoms with van der Waals surface area (Å²) >= 11 is 0. The second-order valence-corrected chi connectivity index (χ2v) is 8.85. The molecule has 2 bridgehead atoms. The largest absolute Gasteiger partial charge is 0.497 e. The van der Waals surface area contributed by atoms with Crippen LogP contribution in [-0.2, 0) is 21.3 Å². The van der Waals surface area contributed by atoms with E-state index in [0.29, 0.717) is 11.5 Å². The number of benzene rings is 1. The van der Waals surface area contributed by atoms with E-state index in [2.05, 4.69) is 23.1 Å². The predicted octanol–water partition coefficient (Wildman–Crippen LogP) is 4.15. The van der Waals surface area contributed by atoms with Crippen LogP contribution in [0.4, 0.5) is 0 Å². The Morgan fingerprint density at radius 1 is 1.19 bits per heavy atom. The molecule has 150 valence electrons. The summed E-state index contributed by atoms with van der Waals surface area (Å²) in [6, 6.07) is 7.50. The number of piperidine rings is 1. The SMILES string of the molecule is COc1ccc2c(c1)[C@]1(CCCC(OC)OC)CCN(CC3CC3)C(C2)C1. The number of nitrogens with zero attached hydrogens (tertiary/aromatic N) is 1. The van der Waals surface area contributed by atoms with Gasteiger partial charge in [-0.15, -0.1) is 0 Å². The summed E-state index contributed by atoms with van der Waals surface area (Å²) < 4.78 is 16.4. The molecule has 4 rings (SSSR count). The minimum atomic E-state index is -0.0828. The highest BCUT2D eigenvalue weighted by Crippen LogP contribution is 2.49. The van der Waals surface area contributed by atoms with Crippen molar-refractivity contribution in [3.63, 3.8) is 0 Å². The van der Waals surface area contributed by atoms with E-state index < -0.39 is 0 Å². The normalized spacial score (nSPS) is 27.6. The van der Waals surface area contributed by atoms with E-state index in [1.807, 2.05) is 0 Å². The van der Waals surface area contributed by atoms with Crippen LogP contribution in [0, 0.1) is 5.92 Å². The number of likely N-dealkylation sites (tertiary alicyclic amines) is 1. The molecule has 1 aromatic carbocycles. The minimum absolute atomic E-state index is 0.0828. The van der Waals surface area contributed by atoms with Gasteiger partial charge in [-0.05, 0) is 92.5 Å². The first kappa shape index (κ1) is 19.2. The van der Waals surface area contributed by atoms with E-state index in [1.54, 1.807) is 32.5 Å². The topological polar surface area (TPSA) is 30.9 Å². The van der Waals surface area contributed by atoms with Gasteiger partial charge in [-0.3, -0.25) is 4.90 Å². The Morgan fingerprint density at radius 2 is 2.00 bits per heavy atom. The van der Waals surface area contributed by atoms with Gasteiger partial charge in [-0.2, -0.15) is 0 Å². The predicted molar refractivity (Wildman–Crippen MR) is 107 cm³/mol. The highest BCUT2D eigenvalue weighted by atomic mass is 16.7. The van der Waals surface area contributed by atoms with Gasteiger partial charge < -0.3 is 14.2 Å². The fourth-order valence-corrected chi connectivity index (χ4v) is 5.45. The molecule has 2 aliphatic carbocycles. The molecule has 3 aliphatic rings. The maximum atomic E-state index is 5.57. The van der Waals surface area contributed by atoms with Crippen molar-refractivity contribution in [1.29, 1.82) is 0 Å². The summed E-state index contributed by atoms with van der Waals surface area (Å²) in [5.74, 6) is 1.97. The third-order valence-electron chi connectivity index (χ3n) is 7.17. The fraction of sp³-hybridized carbons (Fsp3) is 0.739. The first-order chi connectivity index (χ1) is 13.2. The van der Waals surface area contributed by atoms with Crippen LogP contribution >= 0.6 is 0 Å². The Labute approximate surface area is 164 Å². The van der Waals surface area contributed by atoms with Gasteiger partial charge in [-0.25, -0.2) is 0 Å². The van der Waals surface area contributed by atoms with Crippen LogP contribution in [0.1, 0.15) is 56.1 Å². The van der Waals surface area contributed by atoms with Gasteiger partial charge >= 0.3 is 0 Å². The number of methoxy groups -OCH3 is 3. The van der Waals surface area contributed by atoms with Crippen molar-refractivity contribution in [1.82, 2.24) is 4.90 Å². The summed E-state index contributed by atoms with van der Waals surface area (Å²) in [7, 11) is 5.25. The zero-order chi connectivity index (χ0) is 18.9. The van der Waals surface area contributed by atoms with E-state index in [9.17, 15) is 0 Å². The molecule has 27 heavy (non-hydrogen) atoms. The van der Waals surface area contributed by atoms with E-state index >= 15 is 0 Å². The molecule has 2 atom stereocenters. The number of rotatable bonds is 9. The zero-order valence-corrected chi connectivity index (χ0v) is 17.2. The second-order valence-electron chi connectivity index (χ2n) is 8.85. The summed E-state index contributed by atoms with van der Waals surface area (Å²) in [5.41, 5.74) is 3.39. The maximum Gasteiger partial charge on any atom is 0.156 e. The maximum absolute atomic E-state index is 5.57. The fourth-order valence-electron chi connectivity index (χ4n) is 5.45. The molecule has 1 aromatic rings. The van der Waals surface area contributed by atoms with Gasteiger partial charge in [0.15, 0.2) is 6.29 Å². The lowest BCUT2D eigenvalue weighted by atomic mass is 9.61. The Morgan fingerprint density at radius 3 is 2.70 bits per heavy atom. The van der Waals surface area contributed by atoms with Gasteiger partial charge in [-0.1, -0.05) is 6.07 Å². The van der Waals surface area contributed by atoms with Crippen molar-refractivity contribution in [3.05, 3.63) is 29.3 Å². The van der Waals surface area contributed by atoms with Gasteiger partial charge in [0.1, 0.15) is 5.75 Å². The number of hydrogen-bond donors (Lipinski definition) is 0. The molecule has 4 nitrogen and oxygen atoms in total. The van der Waals surface area contributed by atoms with E-state index in [4.69, 9.17) is 14.2 Å². The number of ether oxygens (including phenoxy) is 3. The van der Waals surface area contributed by atoms with E-state index in [-0.39, 0.29) is 6.29 Å². The molecule has 1 saturated carbocycles. The Balaban J connectivity index is 1.55. The van der Waals surface area contributed by atoms with E-state index in [1.165, 1.54) is 51.6 Å². The molecular weight excluding hydrogens is 338 g/mol. The molecule has 0 spiro atoms. The highest BCUT2D eigenvalue weighted by Gasteiger charge is 2.46. The number of fused-ring (bicyclic) bond motifs is 4. The zero-order valence-electron chi connectivity index (χ0n) is 17.2. The van der Waals surface area contributed by atoms with Gasteiger partial charge in [0.05, 0.1) is 7.11 Å². The number of hydrogen-bond acceptors (Lipinski definition) is 4. The molecule has 0 amide bonds. The average molecular weight is 374 g/mol. The first-order valence-electron chi connectivity index (χ1n) is 10.6. The van der Waals surface area contributed by atoms with Crippen LogP contribution in [0.25, 0.3) is 0 Å². The van der Waals surface area contributed by atoms with Crippen molar-refractivity contribution in [2.45, 2.75) is 69.1 Å². The van der Waals surface area contributed by atoms with Crippen molar-refractivity contribution >= 4 is 0 Å². The van der Waals surface area contributed by atoms with Gasteiger partial charge in [0.2, 0.25) is 0 Å². The summed E-state index contributed by atoms with van der Waals surface area (Å²) in [4.78, 5) is 2.80. The average Bonchev–Trinajstić information content (AvgIpc) is 3.52. The van der Waals surface area contributed by atoms with E-state index in [0.717, 1.165) is 24.5 Å². The van der Waals surface area contributed by atoms with Crippen LogP contribution in [0.2, 0.25) is 0 Å². The Hall–Kier alpha value is -1.10. The molecule has 0 radical (unpaired) electrons. The van der Waals surface area contributed by atoms with Crippen LogP contribution in [-0.4, -0.2) is 51.7 Å². The molecular formula is C23H35NO3. The lowest BCUT2D eigenvalue weighted by Crippen LogP contribution is -2.53. The summed E-state index contributed by atoms with van der Waals surface area (Å²) in [6.45, 7) is 2.57. The van der Waals surface area contributed by atoms with Crippen LogP contribution in [0.3, 0.4) is 0 Å². The van der Waals surface area contributed by atoms with Crippen molar-refractivity contribution in [2.75, 3.05) is 34.4 Å². The van der Waals surface area contributed by atoms with Crippen molar-refractivity contribution < 1.29 is 14.2 Å². The molecule has 1 heterocycles. The molecule has 0 N–H and O–H groups in total. The molecule has 1 aliphatic heterocycles. The third-order valence-corrected chi connectivity index (χ3v) is 7.17. The molecule has 1 unspecified atom stereocenters. The lowest BCUT2D eigenvalue weighted by Gasteiger charge is -2.52. The van der Waals surface area contributed by atoms with Crippen molar-refractivity contribution in [2.24, 2.45) is 5.92 Å².